The van der Waals surface area contributed by atoms with Crippen LogP contribution in [0.2, 0.25) is 0 Å². The molecule has 1 amide bonds. The molecule has 0 radical (unpaired) electrons. The number of piperidine rings is 4. The molecule has 4 aliphatic heterocycles. The molecule has 0 aromatic rings. The summed E-state index contributed by atoms with van der Waals surface area (Å²) in [4.78, 5) is 17.2. The molecule has 4 fully saturated rings. The molecule has 4 atom stereocenters. The van der Waals surface area contributed by atoms with E-state index in [9.17, 15) is 4.79 Å². The van der Waals surface area contributed by atoms with Gasteiger partial charge in [-0.2, -0.15) is 0 Å². The van der Waals surface area contributed by atoms with E-state index in [1.54, 1.807) is 0 Å². The molecule has 4 aliphatic rings. The average Bonchev–Trinajstić information content (AvgIpc) is 2.40. The predicted molar refractivity (Wildman–Crippen MR) is 70.2 cm³/mol. The van der Waals surface area contributed by atoms with Crippen molar-refractivity contribution in [1.82, 2.24) is 9.80 Å². The van der Waals surface area contributed by atoms with Crippen LogP contribution < -0.4 is 0 Å². The summed E-state index contributed by atoms with van der Waals surface area (Å²) in [5.41, 5.74) is 0. The smallest absolute Gasteiger partial charge is 0.222 e. The lowest BCUT2D eigenvalue weighted by molar-refractivity contribution is -0.148. The first kappa shape index (κ1) is 11.3. The summed E-state index contributed by atoms with van der Waals surface area (Å²) in [6, 6.07) is 1.39. The second-order valence-electron chi connectivity index (χ2n) is 6.82. The molecule has 0 aliphatic carbocycles. The molecule has 0 aromatic carbocycles. The van der Waals surface area contributed by atoms with E-state index >= 15 is 0 Å². The Morgan fingerprint density at radius 3 is 2.72 bits per heavy atom. The van der Waals surface area contributed by atoms with Crippen molar-refractivity contribution >= 4 is 5.91 Å². The Hall–Kier alpha value is -0.570. The number of fused-ring (bicyclic) bond motifs is 6. The Labute approximate surface area is 110 Å². The molecular weight excluding hydrogens is 224 g/mol. The molecule has 0 aromatic heterocycles. The second-order valence-corrected chi connectivity index (χ2v) is 6.82. The number of amides is 1. The zero-order valence-corrected chi connectivity index (χ0v) is 11.2. The lowest BCUT2D eigenvalue weighted by Crippen LogP contribution is -2.64. The minimum Gasteiger partial charge on any atom is -0.339 e. The van der Waals surface area contributed by atoms with Crippen LogP contribution in [0.1, 0.15) is 44.9 Å². The van der Waals surface area contributed by atoms with Crippen molar-refractivity contribution in [2.75, 3.05) is 19.6 Å². The van der Waals surface area contributed by atoms with Crippen LogP contribution in [-0.2, 0) is 4.79 Å². The average molecular weight is 248 g/mol. The van der Waals surface area contributed by atoms with E-state index in [2.05, 4.69) is 9.80 Å². The summed E-state index contributed by atoms with van der Waals surface area (Å²) in [6.45, 7) is 3.66. The highest BCUT2D eigenvalue weighted by molar-refractivity contribution is 5.77. The number of hydrogen-bond donors (Lipinski definition) is 0. The predicted octanol–water partition coefficient (Wildman–Crippen LogP) is 1.87. The highest BCUT2D eigenvalue weighted by atomic mass is 16.2. The van der Waals surface area contributed by atoms with E-state index in [4.69, 9.17) is 0 Å². The Kier molecular flexibility index (Phi) is 2.65. The van der Waals surface area contributed by atoms with Gasteiger partial charge in [0.1, 0.15) is 0 Å². The fourth-order valence-electron chi connectivity index (χ4n) is 5.10. The van der Waals surface area contributed by atoms with Crippen molar-refractivity contribution < 1.29 is 4.79 Å². The van der Waals surface area contributed by atoms with E-state index in [1.807, 2.05) is 0 Å². The van der Waals surface area contributed by atoms with Gasteiger partial charge >= 0.3 is 0 Å². The van der Waals surface area contributed by atoms with Gasteiger partial charge in [0.15, 0.2) is 0 Å². The third-order valence-electron chi connectivity index (χ3n) is 5.87. The molecule has 100 valence electrons. The number of nitrogens with zero attached hydrogens (tertiary/aromatic N) is 2. The Bertz CT molecular complexity index is 356. The maximum atomic E-state index is 12.1. The first-order valence-electron chi connectivity index (χ1n) is 7.86. The maximum absolute atomic E-state index is 12.1. The number of carbonyl (C=O) groups excluding carboxylic acids is 1. The molecule has 4 heterocycles. The monoisotopic (exact) mass is 248 g/mol. The molecule has 0 spiro atoms. The van der Waals surface area contributed by atoms with Gasteiger partial charge < -0.3 is 4.90 Å². The van der Waals surface area contributed by atoms with Gasteiger partial charge in [0.25, 0.3) is 0 Å². The Morgan fingerprint density at radius 1 is 0.944 bits per heavy atom. The van der Waals surface area contributed by atoms with Crippen molar-refractivity contribution in [2.24, 2.45) is 11.8 Å². The summed E-state index contributed by atoms with van der Waals surface area (Å²) < 4.78 is 0. The van der Waals surface area contributed by atoms with Gasteiger partial charge in [0.05, 0.1) is 0 Å². The van der Waals surface area contributed by atoms with Gasteiger partial charge in [-0.1, -0.05) is 6.42 Å². The van der Waals surface area contributed by atoms with Crippen LogP contribution in [0, 0.1) is 11.8 Å². The molecule has 0 saturated carbocycles. The van der Waals surface area contributed by atoms with Crippen LogP contribution in [0.5, 0.6) is 0 Å². The van der Waals surface area contributed by atoms with Gasteiger partial charge in [-0.25, -0.2) is 0 Å². The zero-order valence-electron chi connectivity index (χ0n) is 11.2. The normalized spacial score (nSPS) is 44.4. The highest BCUT2D eigenvalue weighted by Crippen LogP contribution is 2.42. The van der Waals surface area contributed by atoms with Crippen LogP contribution in [-0.4, -0.2) is 47.4 Å². The maximum Gasteiger partial charge on any atom is 0.222 e. The van der Waals surface area contributed by atoms with Gasteiger partial charge in [0.2, 0.25) is 5.91 Å². The van der Waals surface area contributed by atoms with E-state index in [0.29, 0.717) is 11.9 Å². The van der Waals surface area contributed by atoms with Crippen LogP contribution in [0.15, 0.2) is 0 Å². The van der Waals surface area contributed by atoms with Crippen LogP contribution in [0.3, 0.4) is 0 Å². The summed E-state index contributed by atoms with van der Waals surface area (Å²) in [5, 5.41) is 0. The van der Waals surface area contributed by atoms with Crippen molar-refractivity contribution in [1.29, 1.82) is 0 Å². The molecule has 3 nitrogen and oxygen atoms in total. The third kappa shape index (κ3) is 1.63. The summed E-state index contributed by atoms with van der Waals surface area (Å²) in [6.07, 6.45) is 8.78. The highest BCUT2D eigenvalue weighted by Gasteiger charge is 2.47. The minimum atomic E-state index is 0.449. The minimum absolute atomic E-state index is 0.449. The molecule has 4 rings (SSSR count). The molecule has 18 heavy (non-hydrogen) atoms. The molecular formula is C15H24N2O. The number of carbonyl (C=O) groups is 1. The van der Waals surface area contributed by atoms with Crippen molar-refractivity contribution in [3.05, 3.63) is 0 Å². The van der Waals surface area contributed by atoms with E-state index in [-0.39, 0.29) is 0 Å². The van der Waals surface area contributed by atoms with Gasteiger partial charge in [-0.3, -0.25) is 9.69 Å². The first-order valence-corrected chi connectivity index (χ1v) is 7.86. The Balaban J connectivity index is 1.59. The molecule has 0 N–H and O–H groups in total. The van der Waals surface area contributed by atoms with E-state index in [1.165, 1.54) is 45.2 Å². The molecule has 3 heteroatoms. The summed E-state index contributed by atoms with van der Waals surface area (Å²) >= 11 is 0. The lowest BCUT2D eigenvalue weighted by atomic mass is 9.71. The zero-order chi connectivity index (χ0) is 12.1. The largest absolute Gasteiger partial charge is 0.339 e. The first-order chi connectivity index (χ1) is 8.83. The lowest BCUT2D eigenvalue weighted by Gasteiger charge is -2.56. The SMILES string of the molecule is O=C1CCC[C@@H]2[C@@H]3C[C@H](CN12)[C@H]1CCCCN1C3. The summed E-state index contributed by atoms with van der Waals surface area (Å²) in [5.74, 6) is 2.01. The molecule has 4 saturated heterocycles. The standard InChI is InChI=1S/C15H24N2O/c18-15-6-3-5-14-11-8-12(10-17(14)15)13-4-1-2-7-16(13)9-11/h11-14H,1-10H2/t11-,12-,13-,14-/m1/s1. The number of hydrogen-bond acceptors (Lipinski definition) is 2. The van der Waals surface area contributed by atoms with Crippen LogP contribution >= 0.6 is 0 Å². The fraction of sp³-hybridized carbons (Fsp3) is 0.933. The Morgan fingerprint density at radius 2 is 1.78 bits per heavy atom. The van der Waals surface area contributed by atoms with Gasteiger partial charge in [-0.15, -0.1) is 0 Å². The van der Waals surface area contributed by atoms with Crippen molar-refractivity contribution in [2.45, 2.75) is 57.0 Å². The van der Waals surface area contributed by atoms with Crippen molar-refractivity contribution in [3.63, 3.8) is 0 Å². The van der Waals surface area contributed by atoms with E-state index < -0.39 is 0 Å². The van der Waals surface area contributed by atoms with Crippen molar-refractivity contribution in [3.8, 4) is 0 Å². The van der Waals surface area contributed by atoms with E-state index in [0.717, 1.165) is 37.3 Å². The van der Waals surface area contributed by atoms with Gasteiger partial charge in [0, 0.05) is 31.6 Å². The topological polar surface area (TPSA) is 23.6 Å². The van der Waals surface area contributed by atoms with Crippen LogP contribution in [0.25, 0.3) is 0 Å². The fourth-order valence-corrected chi connectivity index (χ4v) is 5.10. The molecule has 2 bridgehead atoms. The quantitative estimate of drug-likeness (QED) is 0.653. The third-order valence-corrected chi connectivity index (χ3v) is 5.87. The molecule has 0 unspecified atom stereocenters. The number of rotatable bonds is 0. The summed E-state index contributed by atoms with van der Waals surface area (Å²) in [7, 11) is 0. The van der Waals surface area contributed by atoms with Gasteiger partial charge in [-0.05, 0) is 50.5 Å². The van der Waals surface area contributed by atoms with Crippen LogP contribution in [0.4, 0.5) is 0 Å². The second kappa shape index (κ2) is 4.22.